The minimum absolute atomic E-state index is 0.157. The number of nitrogens with one attached hydrogen (secondary N) is 1. The third-order valence-corrected chi connectivity index (χ3v) is 7.74. The number of morpholine rings is 1. The van der Waals surface area contributed by atoms with Crippen molar-refractivity contribution < 1.29 is 17.9 Å². The van der Waals surface area contributed by atoms with Crippen molar-refractivity contribution in [3.8, 4) is 0 Å². The van der Waals surface area contributed by atoms with E-state index in [0.29, 0.717) is 44.0 Å². The Morgan fingerprint density at radius 3 is 2.58 bits per heavy atom. The highest BCUT2D eigenvalue weighted by Gasteiger charge is 2.27. The number of aromatic nitrogens is 1. The van der Waals surface area contributed by atoms with Crippen LogP contribution in [0.4, 0.5) is 5.69 Å². The first-order chi connectivity index (χ1) is 16.0. The molecule has 1 fully saturated rings. The van der Waals surface area contributed by atoms with Gasteiger partial charge in [0.2, 0.25) is 10.0 Å². The van der Waals surface area contributed by atoms with Gasteiger partial charge in [-0.2, -0.15) is 4.31 Å². The Kier molecular flexibility index (Phi) is 7.07. The predicted octanol–water partition coefficient (Wildman–Crippen LogP) is 4.02. The van der Waals surface area contributed by atoms with Crippen LogP contribution in [-0.2, 0) is 27.6 Å². The standard InChI is InChI=1S/C25H29N3O4S/c1-3-8-22-20(4-2)24(21-11-5-6-12-23(21)27-22)25(29)26-18-9-7-10-19(17-18)33(30,31)28-13-15-32-16-14-28/h5-7,9-12,17H,3-4,8,13-16H2,1-2H3,(H,26,29). The number of aryl methyl sites for hydroxylation is 1. The number of anilines is 1. The van der Waals surface area contributed by atoms with Crippen LogP contribution in [0.25, 0.3) is 10.9 Å². The number of hydrogen-bond acceptors (Lipinski definition) is 5. The SMILES string of the molecule is CCCc1nc2ccccc2c(C(=O)Nc2cccc(S(=O)(=O)N3CCOCC3)c2)c1CC. The maximum atomic E-state index is 13.5. The van der Waals surface area contributed by atoms with E-state index in [-0.39, 0.29) is 10.8 Å². The van der Waals surface area contributed by atoms with Gasteiger partial charge in [-0.3, -0.25) is 9.78 Å². The van der Waals surface area contributed by atoms with Crippen LogP contribution < -0.4 is 5.32 Å². The smallest absolute Gasteiger partial charge is 0.256 e. The van der Waals surface area contributed by atoms with Gasteiger partial charge in [0, 0.05) is 29.9 Å². The number of fused-ring (bicyclic) bond motifs is 1. The Morgan fingerprint density at radius 1 is 1.09 bits per heavy atom. The molecule has 2 aromatic carbocycles. The van der Waals surface area contributed by atoms with Crippen molar-refractivity contribution in [3.63, 3.8) is 0 Å². The molecule has 174 valence electrons. The fourth-order valence-corrected chi connectivity index (χ4v) is 5.70. The number of amides is 1. The van der Waals surface area contributed by atoms with Gasteiger partial charge in [0.25, 0.3) is 5.91 Å². The van der Waals surface area contributed by atoms with Crippen molar-refractivity contribution >= 4 is 32.5 Å². The van der Waals surface area contributed by atoms with E-state index >= 15 is 0 Å². The van der Waals surface area contributed by atoms with Gasteiger partial charge in [0.15, 0.2) is 0 Å². The quantitative estimate of drug-likeness (QED) is 0.567. The van der Waals surface area contributed by atoms with Crippen molar-refractivity contribution in [1.29, 1.82) is 0 Å². The van der Waals surface area contributed by atoms with E-state index in [2.05, 4.69) is 12.2 Å². The summed E-state index contributed by atoms with van der Waals surface area (Å²) < 4.78 is 32.8. The van der Waals surface area contributed by atoms with Crippen molar-refractivity contribution in [2.75, 3.05) is 31.6 Å². The lowest BCUT2D eigenvalue weighted by molar-refractivity contribution is 0.0730. The lowest BCUT2D eigenvalue weighted by Crippen LogP contribution is -2.40. The van der Waals surface area contributed by atoms with Crippen LogP contribution in [0, 0.1) is 0 Å². The molecule has 8 heteroatoms. The van der Waals surface area contributed by atoms with Crippen molar-refractivity contribution in [1.82, 2.24) is 9.29 Å². The number of carbonyl (C=O) groups excluding carboxylic acids is 1. The molecular formula is C25H29N3O4S. The van der Waals surface area contributed by atoms with Crippen LogP contribution in [0.3, 0.4) is 0 Å². The third-order valence-electron chi connectivity index (χ3n) is 5.85. The zero-order valence-corrected chi connectivity index (χ0v) is 19.8. The first kappa shape index (κ1) is 23.4. The molecule has 1 aromatic heterocycles. The topological polar surface area (TPSA) is 88.6 Å². The second kappa shape index (κ2) is 9.99. The number of pyridine rings is 1. The molecule has 0 spiro atoms. The van der Waals surface area contributed by atoms with Gasteiger partial charge in [-0.25, -0.2) is 8.42 Å². The molecule has 4 rings (SSSR count). The van der Waals surface area contributed by atoms with Crippen LogP contribution in [0.1, 0.15) is 41.9 Å². The second-order valence-corrected chi connectivity index (χ2v) is 9.97. The number of sulfonamides is 1. The number of para-hydroxylation sites is 1. The fraction of sp³-hybridized carbons (Fsp3) is 0.360. The van der Waals surface area contributed by atoms with E-state index in [0.717, 1.165) is 35.0 Å². The van der Waals surface area contributed by atoms with Crippen molar-refractivity contribution in [2.24, 2.45) is 0 Å². The highest BCUT2D eigenvalue weighted by atomic mass is 32.2. The summed E-state index contributed by atoms with van der Waals surface area (Å²) in [4.78, 5) is 18.5. The van der Waals surface area contributed by atoms with Gasteiger partial charge < -0.3 is 10.1 Å². The van der Waals surface area contributed by atoms with E-state index in [1.807, 2.05) is 31.2 Å². The molecule has 0 radical (unpaired) electrons. The number of rotatable bonds is 7. The van der Waals surface area contributed by atoms with Gasteiger partial charge in [-0.1, -0.05) is 44.5 Å². The number of hydrogen-bond donors (Lipinski definition) is 1. The first-order valence-corrected chi connectivity index (χ1v) is 12.8. The van der Waals surface area contributed by atoms with Crippen LogP contribution in [0.5, 0.6) is 0 Å². The zero-order valence-electron chi connectivity index (χ0n) is 19.0. The Bertz CT molecular complexity index is 1270. The molecule has 0 unspecified atom stereocenters. The lowest BCUT2D eigenvalue weighted by atomic mass is 9.96. The summed E-state index contributed by atoms with van der Waals surface area (Å²) in [6, 6.07) is 14.1. The average Bonchev–Trinajstić information content (AvgIpc) is 2.84. The maximum Gasteiger partial charge on any atom is 0.256 e. The van der Waals surface area contributed by atoms with Gasteiger partial charge in [0.1, 0.15) is 0 Å². The predicted molar refractivity (Wildman–Crippen MR) is 129 cm³/mol. The summed E-state index contributed by atoms with van der Waals surface area (Å²) in [5.41, 5.74) is 3.70. The summed E-state index contributed by atoms with van der Waals surface area (Å²) in [5.74, 6) is -0.260. The molecule has 1 aliphatic rings. The molecule has 0 saturated carbocycles. The number of benzene rings is 2. The Balaban J connectivity index is 1.70. The highest BCUT2D eigenvalue weighted by molar-refractivity contribution is 7.89. The molecule has 3 aromatic rings. The number of ether oxygens (including phenoxy) is 1. The van der Waals surface area contributed by atoms with Gasteiger partial charge in [0.05, 0.1) is 29.2 Å². The Hall–Kier alpha value is -2.81. The van der Waals surface area contributed by atoms with E-state index in [9.17, 15) is 13.2 Å². The molecule has 1 saturated heterocycles. The van der Waals surface area contributed by atoms with E-state index < -0.39 is 10.0 Å². The van der Waals surface area contributed by atoms with Gasteiger partial charge >= 0.3 is 0 Å². The molecule has 1 N–H and O–H groups in total. The molecule has 1 amide bonds. The van der Waals surface area contributed by atoms with Gasteiger partial charge in [-0.15, -0.1) is 0 Å². The minimum atomic E-state index is -3.65. The van der Waals surface area contributed by atoms with Crippen LogP contribution >= 0.6 is 0 Å². The second-order valence-electron chi connectivity index (χ2n) is 8.03. The maximum absolute atomic E-state index is 13.5. The number of nitrogens with zero attached hydrogens (tertiary/aromatic N) is 2. The molecular weight excluding hydrogens is 438 g/mol. The number of carbonyl (C=O) groups is 1. The molecule has 2 heterocycles. The fourth-order valence-electron chi connectivity index (χ4n) is 4.25. The Morgan fingerprint density at radius 2 is 1.85 bits per heavy atom. The first-order valence-electron chi connectivity index (χ1n) is 11.4. The molecule has 0 aliphatic carbocycles. The summed E-state index contributed by atoms with van der Waals surface area (Å²) in [5, 5.41) is 3.73. The van der Waals surface area contributed by atoms with Crippen molar-refractivity contribution in [2.45, 2.75) is 38.0 Å². The van der Waals surface area contributed by atoms with Crippen molar-refractivity contribution in [3.05, 3.63) is 65.4 Å². The summed E-state index contributed by atoms with van der Waals surface area (Å²) in [6.07, 6.45) is 2.41. The van der Waals surface area contributed by atoms with E-state index in [1.54, 1.807) is 18.2 Å². The Labute approximate surface area is 194 Å². The zero-order chi connectivity index (χ0) is 23.4. The highest BCUT2D eigenvalue weighted by Crippen LogP contribution is 2.27. The lowest BCUT2D eigenvalue weighted by Gasteiger charge is -2.26. The molecule has 0 bridgehead atoms. The van der Waals surface area contributed by atoms with Crippen LogP contribution in [-0.4, -0.2) is 49.9 Å². The van der Waals surface area contributed by atoms with Crippen LogP contribution in [0.2, 0.25) is 0 Å². The molecule has 1 aliphatic heterocycles. The third kappa shape index (κ3) is 4.78. The summed E-state index contributed by atoms with van der Waals surface area (Å²) in [6.45, 7) is 5.52. The minimum Gasteiger partial charge on any atom is -0.379 e. The van der Waals surface area contributed by atoms with Gasteiger partial charge in [-0.05, 0) is 42.7 Å². The monoisotopic (exact) mass is 467 g/mol. The largest absolute Gasteiger partial charge is 0.379 e. The molecule has 33 heavy (non-hydrogen) atoms. The summed E-state index contributed by atoms with van der Waals surface area (Å²) in [7, 11) is -3.65. The van der Waals surface area contributed by atoms with Crippen LogP contribution in [0.15, 0.2) is 53.4 Å². The normalized spacial score (nSPS) is 15.0. The van der Waals surface area contributed by atoms with E-state index in [1.165, 1.54) is 10.4 Å². The summed E-state index contributed by atoms with van der Waals surface area (Å²) >= 11 is 0. The molecule has 7 nitrogen and oxygen atoms in total. The van der Waals surface area contributed by atoms with E-state index in [4.69, 9.17) is 9.72 Å². The average molecular weight is 468 g/mol. The molecule has 0 atom stereocenters.